The standard InChI is InChI=1S/C14H11BrCl2N2O/c1-19(8-9-5-6-10(16)7-11(9)17)14(20)12-3-2-4-13(15)18-12/h2-7H,8H2,1H3. The van der Waals surface area contributed by atoms with Gasteiger partial charge in [-0.3, -0.25) is 4.79 Å². The van der Waals surface area contributed by atoms with Crippen molar-refractivity contribution in [2.45, 2.75) is 6.54 Å². The second kappa shape index (κ2) is 6.57. The van der Waals surface area contributed by atoms with E-state index >= 15 is 0 Å². The van der Waals surface area contributed by atoms with Crippen LogP contribution in [0.25, 0.3) is 0 Å². The lowest BCUT2D eigenvalue weighted by Crippen LogP contribution is -2.27. The first-order valence-electron chi connectivity index (χ1n) is 5.79. The maximum atomic E-state index is 12.3. The molecule has 1 aromatic carbocycles. The van der Waals surface area contributed by atoms with Crippen LogP contribution in [0.5, 0.6) is 0 Å². The molecule has 2 aromatic rings. The van der Waals surface area contributed by atoms with Gasteiger partial charge in [-0.05, 0) is 45.8 Å². The van der Waals surface area contributed by atoms with Crippen LogP contribution in [0, 0.1) is 0 Å². The van der Waals surface area contributed by atoms with E-state index in [-0.39, 0.29) is 5.91 Å². The van der Waals surface area contributed by atoms with Gasteiger partial charge in [0.1, 0.15) is 10.3 Å². The summed E-state index contributed by atoms with van der Waals surface area (Å²) < 4.78 is 0.626. The molecule has 0 aliphatic carbocycles. The minimum atomic E-state index is -0.169. The summed E-state index contributed by atoms with van der Waals surface area (Å²) in [6.45, 7) is 0.392. The highest BCUT2D eigenvalue weighted by molar-refractivity contribution is 9.10. The zero-order valence-electron chi connectivity index (χ0n) is 10.6. The number of hydrogen-bond acceptors (Lipinski definition) is 2. The highest BCUT2D eigenvalue weighted by atomic mass is 79.9. The molecule has 1 heterocycles. The van der Waals surface area contributed by atoms with Gasteiger partial charge in [0, 0.05) is 23.6 Å². The van der Waals surface area contributed by atoms with Crippen molar-refractivity contribution in [3.8, 4) is 0 Å². The van der Waals surface area contributed by atoms with Gasteiger partial charge < -0.3 is 4.90 Å². The molecule has 104 valence electrons. The summed E-state index contributed by atoms with van der Waals surface area (Å²) in [7, 11) is 1.70. The average molecular weight is 374 g/mol. The number of rotatable bonds is 3. The minimum Gasteiger partial charge on any atom is -0.336 e. The van der Waals surface area contributed by atoms with Crippen LogP contribution in [0.3, 0.4) is 0 Å². The average Bonchev–Trinajstić information content (AvgIpc) is 2.41. The second-order valence-corrected chi connectivity index (χ2v) is 5.90. The Morgan fingerprint density at radius 1 is 1.30 bits per heavy atom. The molecule has 3 nitrogen and oxygen atoms in total. The van der Waals surface area contributed by atoms with Crippen molar-refractivity contribution in [1.29, 1.82) is 0 Å². The summed E-state index contributed by atoms with van der Waals surface area (Å²) >= 11 is 15.2. The summed E-state index contributed by atoms with van der Waals surface area (Å²) in [6.07, 6.45) is 0. The Morgan fingerprint density at radius 2 is 2.05 bits per heavy atom. The first-order chi connectivity index (χ1) is 9.47. The number of carbonyl (C=O) groups excluding carboxylic acids is 1. The van der Waals surface area contributed by atoms with Crippen molar-refractivity contribution in [3.05, 3.63) is 62.3 Å². The third-order valence-electron chi connectivity index (χ3n) is 2.70. The lowest BCUT2D eigenvalue weighted by molar-refractivity contribution is 0.0779. The van der Waals surface area contributed by atoms with Crippen LogP contribution in [0.2, 0.25) is 10.0 Å². The van der Waals surface area contributed by atoms with Gasteiger partial charge in [0.15, 0.2) is 0 Å². The molecule has 1 amide bonds. The van der Waals surface area contributed by atoms with Gasteiger partial charge in [0.2, 0.25) is 0 Å². The van der Waals surface area contributed by atoms with Gasteiger partial charge >= 0.3 is 0 Å². The van der Waals surface area contributed by atoms with E-state index in [0.717, 1.165) is 5.56 Å². The Labute approximate surface area is 135 Å². The molecule has 6 heteroatoms. The summed E-state index contributed by atoms with van der Waals surface area (Å²) in [4.78, 5) is 18.0. The van der Waals surface area contributed by atoms with Crippen LogP contribution >= 0.6 is 39.1 Å². The molecule has 0 aliphatic heterocycles. The fraction of sp³-hybridized carbons (Fsp3) is 0.143. The number of pyridine rings is 1. The fourth-order valence-electron chi connectivity index (χ4n) is 1.70. The lowest BCUT2D eigenvalue weighted by Gasteiger charge is -2.17. The maximum Gasteiger partial charge on any atom is 0.272 e. The molecule has 0 aliphatic rings. The highest BCUT2D eigenvalue weighted by Crippen LogP contribution is 2.22. The van der Waals surface area contributed by atoms with E-state index in [4.69, 9.17) is 23.2 Å². The molecule has 1 aromatic heterocycles. The van der Waals surface area contributed by atoms with Gasteiger partial charge in [-0.25, -0.2) is 4.98 Å². The lowest BCUT2D eigenvalue weighted by atomic mass is 10.2. The Bertz CT molecular complexity index is 649. The monoisotopic (exact) mass is 372 g/mol. The minimum absolute atomic E-state index is 0.169. The van der Waals surface area contributed by atoms with Gasteiger partial charge in [0.05, 0.1) is 0 Å². The third-order valence-corrected chi connectivity index (χ3v) is 3.73. The quantitative estimate of drug-likeness (QED) is 0.746. The normalized spacial score (nSPS) is 10.4. The molecule has 0 fully saturated rings. The zero-order chi connectivity index (χ0) is 14.7. The summed E-state index contributed by atoms with van der Waals surface area (Å²) in [6, 6.07) is 10.4. The molecule has 0 saturated heterocycles. The number of amides is 1. The van der Waals surface area contributed by atoms with Crippen molar-refractivity contribution in [1.82, 2.24) is 9.88 Å². The van der Waals surface area contributed by atoms with Crippen LogP contribution in [0.4, 0.5) is 0 Å². The van der Waals surface area contributed by atoms with Crippen LogP contribution in [-0.4, -0.2) is 22.8 Å². The van der Waals surface area contributed by atoms with E-state index in [1.807, 2.05) is 6.07 Å². The summed E-state index contributed by atoms with van der Waals surface area (Å²) in [5.74, 6) is -0.169. The van der Waals surface area contributed by atoms with Gasteiger partial charge in [-0.15, -0.1) is 0 Å². The smallest absolute Gasteiger partial charge is 0.272 e. The number of carbonyl (C=O) groups is 1. The van der Waals surface area contributed by atoms with Gasteiger partial charge in [0.25, 0.3) is 5.91 Å². The van der Waals surface area contributed by atoms with Crippen molar-refractivity contribution in [2.75, 3.05) is 7.05 Å². The van der Waals surface area contributed by atoms with Gasteiger partial charge in [-0.1, -0.05) is 35.3 Å². The van der Waals surface area contributed by atoms with Gasteiger partial charge in [-0.2, -0.15) is 0 Å². The summed E-state index contributed by atoms with van der Waals surface area (Å²) in [5.41, 5.74) is 1.22. The second-order valence-electron chi connectivity index (χ2n) is 4.24. The van der Waals surface area contributed by atoms with E-state index in [9.17, 15) is 4.79 Å². The van der Waals surface area contributed by atoms with E-state index in [1.165, 1.54) is 0 Å². The number of benzene rings is 1. The highest BCUT2D eigenvalue weighted by Gasteiger charge is 2.15. The first kappa shape index (κ1) is 15.3. The van der Waals surface area contributed by atoms with E-state index in [2.05, 4.69) is 20.9 Å². The molecule has 0 unspecified atom stereocenters. The summed E-state index contributed by atoms with van der Waals surface area (Å²) in [5, 5.41) is 1.11. The number of nitrogens with zero attached hydrogens (tertiary/aromatic N) is 2. The molecule has 0 N–H and O–H groups in total. The van der Waals surface area contributed by atoms with Crippen molar-refractivity contribution < 1.29 is 4.79 Å². The number of hydrogen-bond donors (Lipinski definition) is 0. The maximum absolute atomic E-state index is 12.3. The van der Waals surface area contributed by atoms with E-state index in [1.54, 1.807) is 42.3 Å². The van der Waals surface area contributed by atoms with E-state index < -0.39 is 0 Å². The predicted molar refractivity (Wildman–Crippen MR) is 84.2 cm³/mol. The Morgan fingerprint density at radius 3 is 2.70 bits per heavy atom. The molecule has 0 bridgehead atoms. The fourth-order valence-corrected chi connectivity index (χ4v) is 2.51. The molecular weight excluding hydrogens is 363 g/mol. The Balaban J connectivity index is 2.15. The Kier molecular flexibility index (Phi) is 5.02. The number of aromatic nitrogens is 1. The predicted octanol–water partition coefficient (Wildman–Crippen LogP) is 4.42. The van der Waals surface area contributed by atoms with Crippen molar-refractivity contribution in [2.24, 2.45) is 0 Å². The van der Waals surface area contributed by atoms with Crippen molar-refractivity contribution in [3.63, 3.8) is 0 Å². The zero-order valence-corrected chi connectivity index (χ0v) is 13.7. The SMILES string of the molecule is CN(Cc1ccc(Cl)cc1Cl)C(=O)c1cccc(Br)n1. The Hall–Kier alpha value is -1.10. The molecule has 0 spiro atoms. The van der Waals surface area contributed by atoms with Crippen LogP contribution < -0.4 is 0 Å². The van der Waals surface area contributed by atoms with Crippen LogP contribution in [0.15, 0.2) is 41.0 Å². The molecular formula is C14H11BrCl2N2O. The first-order valence-corrected chi connectivity index (χ1v) is 7.34. The molecule has 20 heavy (non-hydrogen) atoms. The molecule has 0 saturated carbocycles. The van der Waals surface area contributed by atoms with E-state index in [0.29, 0.717) is 26.9 Å². The van der Waals surface area contributed by atoms with Crippen LogP contribution in [-0.2, 0) is 6.54 Å². The topological polar surface area (TPSA) is 33.2 Å². The van der Waals surface area contributed by atoms with Crippen LogP contribution in [0.1, 0.15) is 16.1 Å². The molecule has 2 rings (SSSR count). The molecule has 0 atom stereocenters. The van der Waals surface area contributed by atoms with Crippen molar-refractivity contribution >= 4 is 45.0 Å². The molecule has 0 radical (unpaired) electrons. The largest absolute Gasteiger partial charge is 0.336 e. The third kappa shape index (κ3) is 3.72. The number of halogens is 3.